The average molecular weight is 407 g/mol. The molecule has 1 spiro atoms. The fraction of sp³-hybridized carbons (Fsp3) is 0.474. The molecule has 9 heteroatoms. The highest BCUT2D eigenvalue weighted by Crippen LogP contribution is 2.44. The van der Waals surface area contributed by atoms with Gasteiger partial charge in [0.05, 0.1) is 16.1 Å². The van der Waals surface area contributed by atoms with Gasteiger partial charge in [0, 0.05) is 18.7 Å². The van der Waals surface area contributed by atoms with Gasteiger partial charge in [-0.2, -0.15) is 0 Å². The zero-order valence-corrected chi connectivity index (χ0v) is 16.4. The minimum Gasteiger partial charge on any atom is -0.354 e. The molecule has 2 aromatic rings. The molecule has 1 saturated heterocycles. The lowest BCUT2D eigenvalue weighted by Gasteiger charge is -2.39. The van der Waals surface area contributed by atoms with Gasteiger partial charge in [-0.25, -0.2) is 17.6 Å². The summed E-state index contributed by atoms with van der Waals surface area (Å²) in [6.45, 7) is 2.21. The Morgan fingerprint density at radius 1 is 1.25 bits per heavy atom. The zero-order valence-electron chi connectivity index (χ0n) is 15.6. The SMILES string of the molecule is Cc1c(NC(=O)N2CCC3(CCC3)S(=O)(=O)CC2)noc1-c1ccccc1F. The number of halogens is 1. The summed E-state index contributed by atoms with van der Waals surface area (Å²) in [7, 11) is -3.20. The third-order valence-electron chi connectivity index (χ3n) is 5.95. The van der Waals surface area contributed by atoms with Crippen molar-refractivity contribution in [3.05, 3.63) is 35.6 Å². The minimum absolute atomic E-state index is 0.0291. The molecule has 1 aliphatic carbocycles. The smallest absolute Gasteiger partial charge is 0.323 e. The summed E-state index contributed by atoms with van der Waals surface area (Å²) in [5, 5.41) is 6.53. The van der Waals surface area contributed by atoms with Crippen molar-refractivity contribution in [2.75, 3.05) is 24.2 Å². The molecule has 1 saturated carbocycles. The topological polar surface area (TPSA) is 92.5 Å². The van der Waals surface area contributed by atoms with E-state index in [9.17, 15) is 17.6 Å². The molecular formula is C19H22FN3O4S. The Morgan fingerprint density at radius 3 is 2.68 bits per heavy atom. The van der Waals surface area contributed by atoms with Crippen LogP contribution in [0.3, 0.4) is 0 Å². The Labute approximate surface area is 162 Å². The number of sulfone groups is 1. The fourth-order valence-corrected chi connectivity index (χ4v) is 6.12. The van der Waals surface area contributed by atoms with Crippen LogP contribution < -0.4 is 5.32 Å². The molecule has 0 bridgehead atoms. The Balaban J connectivity index is 1.50. The highest BCUT2D eigenvalue weighted by Gasteiger charge is 2.49. The predicted octanol–water partition coefficient (Wildman–Crippen LogP) is 3.36. The summed E-state index contributed by atoms with van der Waals surface area (Å²) in [4.78, 5) is 14.2. The van der Waals surface area contributed by atoms with Gasteiger partial charge in [-0.05, 0) is 38.3 Å². The van der Waals surface area contributed by atoms with E-state index in [-0.39, 0.29) is 29.4 Å². The number of nitrogens with zero attached hydrogens (tertiary/aromatic N) is 2. The molecule has 4 rings (SSSR count). The van der Waals surface area contributed by atoms with Gasteiger partial charge in [0.1, 0.15) is 5.82 Å². The van der Waals surface area contributed by atoms with Crippen LogP contribution in [0, 0.1) is 12.7 Å². The minimum atomic E-state index is -3.20. The number of benzene rings is 1. The summed E-state index contributed by atoms with van der Waals surface area (Å²) in [6, 6.07) is 5.74. The van der Waals surface area contributed by atoms with Gasteiger partial charge in [-0.15, -0.1) is 0 Å². The third kappa shape index (κ3) is 3.07. The number of hydrogen-bond acceptors (Lipinski definition) is 5. The molecule has 1 aliphatic heterocycles. The molecule has 2 amide bonds. The number of carbonyl (C=O) groups is 1. The van der Waals surface area contributed by atoms with E-state index in [0.717, 1.165) is 6.42 Å². The van der Waals surface area contributed by atoms with Crippen LogP contribution in [0.2, 0.25) is 0 Å². The number of hydrogen-bond donors (Lipinski definition) is 1. The van der Waals surface area contributed by atoms with Crippen molar-refractivity contribution in [2.45, 2.75) is 37.4 Å². The monoisotopic (exact) mass is 407 g/mol. The Hall–Kier alpha value is -2.42. The van der Waals surface area contributed by atoms with Gasteiger partial charge in [0.25, 0.3) is 0 Å². The highest BCUT2D eigenvalue weighted by molar-refractivity contribution is 7.92. The van der Waals surface area contributed by atoms with E-state index in [1.165, 1.54) is 11.0 Å². The first-order valence-corrected chi connectivity index (χ1v) is 11.0. The molecule has 2 aliphatic rings. The van der Waals surface area contributed by atoms with Crippen LogP contribution in [0.25, 0.3) is 11.3 Å². The zero-order chi connectivity index (χ0) is 19.9. The second-order valence-electron chi connectivity index (χ2n) is 7.49. The Morgan fingerprint density at radius 2 is 2.00 bits per heavy atom. The first kappa shape index (κ1) is 18.9. The van der Waals surface area contributed by atoms with Crippen LogP contribution in [0.1, 0.15) is 31.2 Å². The van der Waals surface area contributed by atoms with Crippen molar-refractivity contribution in [1.29, 1.82) is 0 Å². The lowest BCUT2D eigenvalue weighted by atomic mass is 9.81. The normalized spacial score (nSPS) is 20.4. The Bertz CT molecular complexity index is 1010. The third-order valence-corrected chi connectivity index (χ3v) is 8.60. The van der Waals surface area contributed by atoms with Crippen LogP contribution in [0.5, 0.6) is 0 Å². The maximum atomic E-state index is 14.0. The number of urea groups is 1. The molecule has 1 aromatic carbocycles. The number of amides is 2. The second-order valence-corrected chi connectivity index (χ2v) is 9.99. The lowest BCUT2D eigenvalue weighted by molar-refractivity contribution is 0.208. The summed E-state index contributed by atoms with van der Waals surface area (Å²) in [5.41, 5.74) is 0.775. The van der Waals surface area contributed by atoms with Crippen molar-refractivity contribution in [3.63, 3.8) is 0 Å². The van der Waals surface area contributed by atoms with Gasteiger partial charge in [-0.3, -0.25) is 5.32 Å². The predicted molar refractivity (Wildman–Crippen MR) is 102 cm³/mol. The number of anilines is 1. The van der Waals surface area contributed by atoms with Crippen LogP contribution in [0.15, 0.2) is 28.8 Å². The molecule has 150 valence electrons. The quantitative estimate of drug-likeness (QED) is 0.824. The van der Waals surface area contributed by atoms with Crippen LogP contribution in [-0.2, 0) is 9.84 Å². The van der Waals surface area contributed by atoms with Gasteiger partial charge in [0.2, 0.25) is 0 Å². The van der Waals surface area contributed by atoms with Crippen LogP contribution >= 0.6 is 0 Å². The Kier molecular flexibility index (Phi) is 4.65. The van der Waals surface area contributed by atoms with E-state index in [4.69, 9.17) is 4.52 Å². The summed E-state index contributed by atoms with van der Waals surface area (Å²) in [5.74, 6) is -0.0178. The second kappa shape index (κ2) is 6.88. The van der Waals surface area contributed by atoms with Gasteiger partial charge in [-0.1, -0.05) is 23.7 Å². The fourth-order valence-electron chi connectivity index (χ4n) is 3.92. The summed E-state index contributed by atoms with van der Waals surface area (Å²) in [6.07, 6.45) is 2.74. The summed E-state index contributed by atoms with van der Waals surface area (Å²) >= 11 is 0. The molecule has 0 atom stereocenters. The number of aromatic nitrogens is 1. The number of carbonyl (C=O) groups excluding carboxylic acids is 1. The number of nitrogens with one attached hydrogen (secondary N) is 1. The van der Waals surface area contributed by atoms with E-state index in [2.05, 4.69) is 10.5 Å². The van der Waals surface area contributed by atoms with Gasteiger partial charge < -0.3 is 9.42 Å². The van der Waals surface area contributed by atoms with E-state index >= 15 is 0 Å². The maximum absolute atomic E-state index is 14.0. The van der Waals surface area contributed by atoms with Crippen molar-refractivity contribution in [1.82, 2.24) is 10.1 Å². The van der Waals surface area contributed by atoms with Crippen molar-refractivity contribution in [3.8, 4) is 11.3 Å². The van der Waals surface area contributed by atoms with E-state index in [0.29, 0.717) is 31.4 Å². The standard InChI is InChI=1S/C19H22FN3O4S/c1-13-16(14-5-2-3-6-15(14)20)27-22-17(13)21-18(24)23-10-9-19(7-4-8-19)28(25,26)12-11-23/h2-3,5-6H,4,7-12H2,1H3,(H,21,22,24). The molecule has 7 nitrogen and oxygen atoms in total. The molecule has 2 fully saturated rings. The largest absolute Gasteiger partial charge is 0.354 e. The maximum Gasteiger partial charge on any atom is 0.323 e. The van der Waals surface area contributed by atoms with Crippen molar-refractivity contribution >= 4 is 21.7 Å². The van der Waals surface area contributed by atoms with Crippen LogP contribution in [0.4, 0.5) is 15.0 Å². The lowest BCUT2D eigenvalue weighted by Crippen LogP contribution is -2.46. The van der Waals surface area contributed by atoms with E-state index in [1.807, 2.05) is 0 Å². The molecule has 1 aromatic heterocycles. The average Bonchev–Trinajstić information content (AvgIpc) is 2.88. The molecule has 28 heavy (non-hydrogen) atoms. The first-order valence-electron chi connectivity index (χ1n) is 9.32. The molecule has 2 heterocycles. The van der Waals surface area contributed by atoms with E-state index in [1.54, 1.807) is 25.1 Å². The van der Waals surface area contributed by atoms with E-state index < -0.39 is 26.4 Å². The molecular weight excluding hydrogens is 385 g/mol. The molecule has 1 N–H and O–H groups in total. The molecule has 0 radical (unpaired) electrons. The van der Waals surface area contributed by atoms with Crippen molar-refractivity contribution in [2.24, 2.45) is 0 Å². The molecule has 0 unspecified atom stereocenters. The number of rotatable bonds is 2. The van der Waals surface area contributed by atoms with Crippen LogP contribution in [-0.4, -0.2) is 48.1 Å². The van der Waals surface area contributed by atoms with Crippen molar-refractivity contribution < 1.29 is 22.1 Å². The van der Waals surface area contributed by atoms with Gasteiger partial charge in [0.15, 0.2) is 21.4 Å². The highest BCUT2D eigenvalue weighted by atomic mass is 32.2. The van der Waals surface area contributed by atoms with Gasteiger partial charge >= 0.3 is 6.03 Å². The first-order chi connectivity index (χ1) is 13.3. The summed E-state index contributed by atoms with van der Waals surface area (Å²) < 4.78 is 43.7.